The van der Waals surface area contributed by atoms with Gasteiger partial charge in [-0.3, -0.25) is 0 Å². The predicted molar refractivity (Wildman–Crippen MR) is 70.3 cm³/mol. The minimum absolute atomic E-state index is 0.106. The summed E-state index contributed by atoms with van der Waals surface area (Å²) in [5, 5.41) is 12.3. The fraction of sp³-hybridized carbons (Fsp3) is 0.500. The average Bonchev–Trinajstić information content (AvgIpc) is 2.74. The van der Waals surface area contributed by atoms with Crippen LogP contribution < -0.4 is 5.32 Å². The molecule has 2 heterocycles. The first-order valence-corrected chi connectivity index (χ1v) is 6.26. The first-order valence-electron chi connectivity index (χ1n) is 5.88. The molecule has 1 aliphatic heterocycles. The standard InChI is InChI=1S/C12H16ClN3O2/c1-16-5-4-8(7-16)6-14-10-3-2-9(13)11(15-10)12(17)18/h2-3,8H,4-7H2,1H3,(H,14,15)(H,17,18). The van der Waals surface area contributed by atoms with E-state index in [-0.39, 0.29) is 10.7 Å². The van der Waals surface area contributed by atoms with Gasteiger partial charge in [-0.05, 0) is 38.1 Å². The number of carboxylic acids is 1. The number of aromatic nitrogens is 1. The van der Waals surface area contributed by atoms with Crippen LogP contribution in [-0.2, 0) is 0 Å². The number of likely N-dealkylation sites (tertiary alicyclic amines) is 1. The van der Waals surface area contributed by atoms with Gasteiger partial charge in [-0.25, -0.2) is 9.78 Å². The van der Waals surface area contributed by atoms with Crippen molar-refractivity contribution in [3.8, 4) is 0 Å². The smallest absolute Gasteiger partial charge is 0.356 e. The van der Waals surface area contributed by atoms with E-state index in [4.69, 9.17) is 16.7 Å². The number of halogens is 1. The molecule has 1 aromatic heterocycles. The largest absolute Gasteiger partial charge is 0.476 e. The normalized spacial score (nSPS) is 20.0. The molecule has 0 aromatic carbocycles. The Morgan fingerprint density at radius 2 is 2.44 bits per heavy atom. The number of hydrogen-bond acceptors (Lipinski definition) is 4. The Morgan fingerprint density at radius 1 is 1.67 bits per heavy atom. The van der Waals surface area contributed by atoms with Crippen LogP contribution in [0.5, 0.6) is 0 Å². The average molecular weight is 270 g/mol. The van der Waals surface area contributed by atoms with Crippen LogP contribution in [0.4, 0.5) is 5.82 Å². The maximum absolute atomic E-state index is 10.9. The van der Waals surface area contributed by atoms with E-state index in [0.29, 0.717) is 11.7 Å². The summed E-state index contributed by atoms with van der Waals surface area (Å²) < 4.78 is 0. The monoisotopic (exact) mass is 269 g/mol. The third kappa shape index (κ3) is 3.11. The highest BCUT2D eigenvalue weighted by Crippen LogP contribution is 2.18. The molecule has 18 heavy (non-hydrogen) atoms. The molecule has 1 unspecified atom stereocenters. The SMILES string of the molecule is CN1CCC(CNc2ccc(Cl)c(C(=O)O)n2)C1. The van der Waals surface area contributed by atoms with E-state index in [9.17, 15) is 4.79 Å². The number of aromatic carboxylic acids is 1. The van der Waals surface area contributed by atoms with Crippen molar-refractivity contribution in [3.05, 3.63) is 22.8 Å². The van der Waals surface area contributed by atoms with Gasteiger partial charge in [-0.15, -0.1) is 0 Å². The van der Waals surface area contributed by atoms with Crippen LogP contribution in [0.25, 0.3) is 0 Å². The van der Waals surface area contributed by atoms with Crippen molar-refractivity contribution in [2.24, 2.45) is 5.92 Å². The Hall–Kier alpha value is -1.33. The molecule has 1 aliphatic rings. The van der Waals surface area contributed by atoms with Crippen molar-refractivity contribution in [2.75, 3.05) is 32.0 Å². The van der Waals surface area contributed by atoms with E-state index >= 15 is 0 Å². The summed E-state index contributed by atoms with van der Waals surface area (Å²) in [4.78, 5) is 17.2. The fourth-order valence-corrected chi connectivity index (χ4v) is 2.32. The van der Waals surface area contributed by atoms with Gasteiger partial charge in [0.15, 0.2) is 5.69 Å². The van der Waals surface area contributed by atoms with Gasteiger partial charge < -0.3 is 15.3 Å². The molecule has 1 saturated heterocycles. The van der Waals surface area contributed by atoms with Crippen LogP contribution in [0.1, 0.15) is 16.9 Å². The van der Waals surface area contributed by atoms with Crippen LogP contribution in [-0.4, -0.2) is 47.6 Å². The Balaban J connectivity index is 1.97. The second kappa shape index (κ2) is 5.54. The lowest BCUT2D eigenvalue weighted by Gasteiger charge is -2.12. The Morgan fingerprint density at radius 3 is 3.06 bits per heavy atom. The summed E-state index contributed by atoms with van der Waals surface area (Å²) in [7, 11) is 2.10. The number of pyridine rings is 1. The molecule has 0 spiro atoms. The Kier molecular flexibility index (Phi) is 4.04. The van der Waals surface area contributed by atoms with Gasteiger partial charge in [0.25, 0.3) is 0 Å². The zero-order chi connectivity index (χ0) is 13.1. The lowest BCUT2D eigenvalue weighted by molar-refractivity contribution is 0.0691. The molecule has 0 saturated carbocycles. The summed E-state index contributed by atoms with van der Waals surface area (Å²) >= 11 is 5.76. The minimum Gasteiger partial charge on any atom is -0.476 e. The van der Waals surface area contributed by atoms with Crippen molar-refractivity contribution in [2.45, 2.75) is 6.42 Å². The topological polar surface area (TPSA) is 65.5 Å². The van der Waals surface area contributed by atoms with E-state index in [1.165, 1.54) is 0 Å². The molecule has 98 valence electrons. The van der Waals surface area contributed by atoms with E-state index in [2.05, 4.69) is 22.2 Å². The molecule has 0 bridgehead atoms. The van der Waals surface area contributed by atoms with Gasteiger partial charge in [-0.1, -0.05) is 11.6 Å². The van der Waals surface area contributed by atoms with Gasteiger partial charge in [0.1, 0.15) is 5.82 Å². The molecular weight excluding hydrogens is 254 g/mol. The van der Waals surface area contributed by atoms with Gasteiger partial charge in [-0.2, -0.15) is 0 Å². The van der Waals surface area contributed by atoms with Crippen LogP contribution >= 0.6 is 11.6 Å². The third-order valence-electron chi connectivity index (χ3n) is 3.11. The summed E-state index contributed by atoms with van der Waals surface area (Å²) in [6.07, 6.45) is 1.16. The van der Waals surface area contributed by atoms with Crippen LogP contribution in [0.3, 0.4) is 0 Å². The summed E-state index contributed by atoms with van der Waals surface area (Å²) in [5.41, 5.74) is -0.106. The highest BCUT2D eigenvalue weighted by molar-refractivity contribution is 6.33. The lowest BCUT2D eigenvalue weighted by atomic mass is 10.1. The number of nitrogens with zero attached hydrogens (tertiary/aromatic N) is 2. The molecule has 2 rings (SSSR count). The Bertz CT molecular complexity index is 453. The second-order valence-electron chi connectivity index (χ2n) is 4.63. The van der Waals surface area contributed by atoms with E-state index in [1.807, 2.05) is 0 Å². The van der Waals surface area contributed by atoms with Crippen molar-refractivity contribution < 1.29 is 9.90 Å². The third-order valence-corrected chi connectivity index (χ3v) is 3.41. The molecule has 0 amide bonds. The summed E-state index contributed by atoms with van der Waals surface area (Å²) in [6.45, 7) is 2.98. The number of carboxylic acid groups (broad SMARTS) is 1. The van der Waals surface area contributed by atoms with Gasteiger partial charge in [0.05, 0.1) is 5.02 Å². The van der Waals surface area contributed by atoms with E-state index < -0.39 is 5.97 Å². The quantitative estimate of drug-likeness (QED) is 0.873. The number of carbonyl (C=O) groups is 1. The zero-order valence-electron chi connectivity index (χ0n) is 10.2. The molecule has 5 nitrogen and oxygen atoms in total. The number of anilines is 1. The number of nitrogens with one attached hydrogen (secondary N) is 1. The maximum Gasteiger partial charge on any atom is 0.356 e. The van der Waals surface area contributed by atoms with Gasteiger partial charge in [0.2, 0.25) is 0 Å². The molecule has 1 aromatic rings. The molecule has 0 radical (unpaired) electrons. The number of rotatable bonds is 4. The highest BCUT2D eigenvalue weighted by atomic mass is 35.5. The molecule has 1 fully saturated rings. The molecular formula is C12H16ClN3O2. The summed E-state index contributed by atoms with van der Waals surface area (Å²) in [6, 6.07) is 3.26. The highest BCUT2D eigenvalue weighted by Gasteiger charge is 2.19. The number of hydrogen-bond donors (Lipinski definition) is 2. The summed E-state index contributed by atoms with van der Waals surface area (Å²) in [5.74, 6) is 0.0383. The molecule has 0 aliphatic carbocycles. The molecule has 6 heteroatoms. The van der Waals surface area contributed by atoms with E-state index in [0.717, 1.165) is 26.1 Å². The van der Waals surface area contributed by atoms with Gasteiger partial charge >= 0.3 is 5.97 Å². The molecule has 2 N–H and O–H groups in total. The zero-order valence-corrected chi connectivity index (χ0v) is 10.9. The van der Waals surface area contributed by atoms with Crippen molar-refractivity contribution in [1.82, 2.24) is 9.88 Å². The fourth-order valence-electron chi connectivity index (χ4n) is 2.13. The molecule has 1 atom stereocenters. The van der Waals surface area contributed by atoms with Gasteiger partial charge in [0, 0.05) is 13.1 Å². The first-order chi connectivity index (χ1) is 8.56. The van der Waals surface area contributed by atoms with E-state index in [1.54, 1.807) is 12.1 Å². The van der Waals surface area contributed by atoms with Crippen LogP contribution in [0.2, 0.25) is 5.02 Å². The predicted octanol–water partition coefficient (Wildman–Crippen LogP) is 1.80. The first kappa shape index (κ1) is 13.1. The van der Waals surface area contributed by atoms with Crippen molar-refractivity contribution in [1.29, 1.82) is 0 Å². The van der Waals surface area contributed by atoms with Crippen molar-refractivity contribution in [3.63, 3.8) is 0 Å². The second-order valence-corrected chi connectivity index (χ2v) is 5.04. The minimum atomic E-state index is -1.11. The van der Waals surface area contributed by atoms with Crippen molar-refractivity contribution >= 4 is 23.4 Å². The van der Waals surface area contributed by atoms with Crippen LogP contribution in [0, 0.1) is 5.92 Å². The Labute approximate surface area is 111 Å². The maximum atomic E-state index is 10.9. The van der Waals surface area contributed by atoms with Crippen LogP contribution in [0.15, 0.2) is 12.1 Å². The lowest BCUT2D eigenvalue weighted by Crippen LogP contribution is -2.19.